The zero-order valence-corrected chi connectivity index (χ0v) is 17.0. The van der Waals surface area contributed by atoms with Crippen LogP contribution < -0.4 is 10.0 Å². The summed E-state index contributed by atoms with van der Waals surface area (Å²) in [4.78, 5) is 12.3. The van der Waals surface area contributed by atoms with E-state index in [-0.39, 0.29) is 27.1 Å². The molecular formula is C18H16F2N4O3S2. The number of aromatic nitrogens is 2. The minimum atomic E-state index is -3.77. The molecule has 1 heterocycles. The first-order valence-corrected chi connectivity index (χ1v) is 10.6. The highest BCUT2D eigenvalue weighted by Crippen LogP contribution is 2.19. The lowest BCUT2D eigenvalue weighted by atomic mass is 10.2. The second kappa shape index (κ2) is 8.31. The van der Waals surface area contributed by atoms with Crippen molar-refractivity contribution in [1.82, 2.24) is 14.9 Å². The van der Waals surface area contributed by atoms with E-state index in [0.717, 1.165) is 34.6 Å². The topological polar surface area (TPSA) is 101 Å². The minimum absolute atomic E-state index is 0.0886. The van der Waals surface area contributed by atoms with Gasteiger partial charge < -0.3 is 5.32 Å². The van der Waals surface area contributed by atoms with Crippen LogP contribution >= 0.6 is 11.3 Å². The average molecular weight is 438 g/mol. The van der Waals surface area contributed by atoms with Gasteiger partial charge in [0.15, 0.2) is 0 Å². The van der Waals surface area contributed by atoms with Crippen LogP contribution in [0.4, 0.5) is 14.5 Å². The lowest BCUT2D eigenvalue weighted by Crippen LogP contribution is -2.23. The Kier molecular flexibility index (Phi) is 6.01. The summed E-state index contributed by atoms with van der Waals surface area (Å²) in [5.41, 5.74) is 1.42. The molecule has 3 aromatic rings. The molecule has 0 aliphatic carbocycles. The van der Waals surface area contributed by atoms with Crippen LogP contribution in [0.2, 0.25) is 0 Å². The minimum Gasteiger partial charge on any atom is -0.317 e. The molecule has 7 nitrogen and oxygen atoms in total. The van der Waals surface area contributed by atoms with Gasteiger partial charge in [-0.1, -0.05) is 17.4 Å². The second-order valence-electron chi connectivity index (χ2n) is 6.23. The summed E-state index contributed by atoms with van der Waals surface area (Å²) in [7, 11) is -3.77. The van der Waals surface area contributed by atoms with Gasteiger partial charge in [-0.2, -0.15) is 0 Å². The van der Waals surface area contributed by atoms with Gasteiger partial charge in [-0.25, -0.2) is 21.9 Å². The number of nitrogens with one attached hydrogen (secondary N) is 2. The third-order valence-electron chi connectivity index (χ3n) is 3.76. The highest BCUT2D eigenvalue weighted by atomic mass is 32.2. The maximum Gasteiger partial charge on any atom is 0.286 e. The molecule has 0 unspecified atom stereocenters. The number of hydrogen-bond donors (Lipinski definition) is 2. The molecule has 2 aromatic carbocycles. The van der Waals surface area contributed by atoms with Gasteiger partial charge in [0.2, 0.25) is 15.0 Å². The van der Waals surface area contributed by atoms with Crippen LogP contribution in [0, 0.1) is 25.5 Å². The number of nitrogens with zero attached hydrogens (tertiary/aromatic N) is 2. The standard InChI is InChI=1S/C18H16F2N4O3S2/c1-10-5-11(2)7-13(6-10)29(26,27)21-9-16-23-24-18(28-16)17(25)22-15-4-3-12(19)8-14(15)20/h3-8,21H,9H2,1-2H3,(H,22,25). The molecule has 1 aromatic heterocycles. The molecule has 0 aliphatic rings. The molecule has 0 bridgehead atoms. The van der Waals surface area contributed by atoms with Crippen molar-refractivity contribution in [3.8, 4) is 0 Å². The number of sulfonamides is 1. The normalized spacial score (nSPS) is 11.4. The predicted octanol–water partition coefficient (Wildman–Crippen LogP) is 3.16. The van der Waals surface area contributed by atoms with Crippen LogP contribution in [-0.4, -0.2) is 24.5 Å². The molecule has 11 heteroatoms. The van der Waals surface area contributed by atoms with Crippen LogP contribution in [0.15, 0.2) is 41.3 Å². The number of halogens is 2. The van der Waals surface area contributed by atoms with Gasteiger partial charge in [-0.3, -0.25) is 4.79 Å². The van der Waals surface area contributed by atoms with E-state index >= 15 is 0 Å². The van der Waals surface area contributed by atoms with Crippen LogP contribution in [-0.2, 0) is 16.6 Å². The highest BCUT2D eigenvalue weighted by molar-refractivity contribution is 7.89. The SMILES string of the molecule is Cc1cc(C)cc(S(=O)(=O)NCc2nnc(C(=O)Nc3ccc(F)cc3F)s2)c1. The fourth-order valence-electron chi connectivity index (χ4n) is 2.51. The van der Waals surface area contributed by atoms with E-state index in [1.54, 1.807) is 26.0 Å². The summed E-state index contributed by atoms with van der Waals surface area (Å²) in [6.07, 6.45) is 0. The number of carbonyl (C=O) groups excluding carboxylic acids is 1. The number of carbonyl (C=O) groups is 1. The van der Waals surface area contributed by atoms with Gasteiger partial charge in [0, 0.05) is 6.07 Å². The zero-order valence-electron chi connectivity index (χ0n) is 15.4. The molecule has 0 aliphatic heterocycles. The lowest BCUT2D eigenvalue weighted by Gasteiger charge is -2.07. The zero-order chi connectivity index (χ0) is 21.2. The van der Waals surface area contributed by atoms with Gasteiger partial charge in [-0.05, 0) is 49.2 Å². The number of rotatable bonds is 6. The summed E-state index contributed by atoms with van der Waals surface area (Å²) < 4.78 is 53.9. The maximum absolute atomic E-state index is 13.6. The van der Waals surface area contributed by atoms with Crippen LogP contribution in [0.5, 0.6) is 0 Å². The smallest absolute Gasteiger partial charge is 0.286 e. The Morgan fingerprint density at radius 3 is 2.41 bits per heavy atom. The van der Waals surface area contributed by atoms with E-state index in [9.17, 15) is 22.0 Å². The van der Waals surface area contributed by atoms with E-state index in [4.69, 9.17) is 0 Å². The maximum atomic E-state index is 13.6. The summed E-state index contributed by atoms with van der Waals surface area (Å²) in [6.45, 7) is 3.43. The molecule has 2 N–H and O–H groups in total. The average Bonchev–Trinajstić information content (AvgIpc) is 3.11. The quantitative estimate of drug-likeness (QED) is 0.616. The second-order valence-corrected chi connectivity index (χ2v) is 9.06. The van der Waals surface area contributed by atoms with Crippen molar-refractivity contribution in [1.29, 1.82) is 0 Å². The molecule has 29 heavy (non-hydrogen) atoms. The van der Waals surface area contributed by atoms with Crippen molar-refractivity contribution < 1.29 is 22.0 Å². The molecule has 0 fully saturated rings. The van der Waals surface area contributed by atoms with Crippen molar-refractivity contribution in [2.45, 2.75) is 25.3 Å². The highest BCUT2D eigenvalue weighted by Gasteiger charge is 2.18. The first-order chi connectivity index (χ1) is 13.6. The number of aryl methyl sites for hydroxylation is 2. The molecule has 1 amide bonds. The molecule has 0 radical (unpaired) electrons. The number of anilines is 1. The molecule has 0 atom stereocenters. The third-order valence-corrected chi connectivity index (χ3v) is 6.06. The summed E-state index contributed by atoms with van der Waals surface area (Å²) in [5.74, 6) is -2.43. The van der Waals surface area contributed by atoms with Gasteiger partial charge in [0.25, 0.3) is 5.91 Å². The number of hydrogen-bond acceptors (Lipinski definition) is 6. The Labute approximate surface area is 169 Å². The molecule has 3 rings (SSSR count). The van der Waals surface area contributed by atoms with Crippen LogP contribution in [0.25, 0.3) is 0 Å². The van der Waals surface area contributed by atoms with E-state index < -0.39 is 27.6 Å². The van der Waals surface area contributed by atoms with Crippen molar-refractivity contribution in [2.75, 3.05) is 5.32 Å². The van der Waals surface area contributed by atoms with Crippen molar-refractivity contribution >= 4 is 33.0 Å². The Balaban J connectivity index is 1.67. The van der Waals surface area contributed by atoms with E-state index in [2.05, 4.69) is 20.2 Å². The van der Waals surface area contributed by atoms with Gasteiger partial charge in [0.1, 0.15) is 16.6 Å². The fraction of sp³-hybridized carbons (Fsp3) is 0.167. The predicted molar refractivity (Wildman–Crippen MR) is 104 cm³/mol. The molecule has 152 valence electrons. The van der Waals surface area contributed by atoms with E-state index in [1.165, 1.54) is 0 Å². The van der Waals surface area contributed by atoms with Crippen molar-refractivity contribution in [3.63, 3.8) is 0 Å². The first-order valence-electron chi connectivity index (χ1n) is 8.31. The van der Waals surface area contributed by atoms with E-state index in [0.29, 0.717) is 6.07 Å². The molecule has 0 spiro atoms. The lowest BCUT2D eigenvalue weighted by molar-refractivity contribution is 0.102. The first kappa shape index (κ1) is 21.0. The third kappa shape index (κ3) is 5.19. The molecule has 0 saturated heterocycles. The summed E-state index contributed by atoms with van der Waals surface area (Å²) >= 11 is 0.854. The number of benzene rings is 2. The summed E-state index contributed by atoms with van der Waals surface area (Å²) in [6, 6.07) is 7.69. The Morgan fingerprint density at radius 1 is 1.07 bits per heavy atom. The molecular weight excluding hydrogens is 422 g/mol. The Hall–Kier alpha value is -2.76. The van der Waals surface area contributed by atoms with Crippen LogP contribution in [0.1, 0.15) is 25.9 Å². The summed E-state index contributed by atoms with van der Waals surface area (Å²) in [5, 5.41) is 9.89. The van der Waals surface area contributed by atoms with E-state index in [1.807, 2.05) is 6.07 Å². The van der Waals surface area contributed by atoms with Crippen molar-refractivity contribution in [3.05, 3.63) is 69.2 Å². The van der Waals surface area contributed by atoms with Gasteiger partial charge >= 0.3 is 0 Å². The number of amides is 1. The fourth-order valence-corrected chi connectivity index (χ4v) is 4.45. The van der Waals surface area contributed by atoms with Crippen LogP contribution in [0.3, 0.4) is 0 Å². The van der Waals surface area contributed by atoms with Crippen molar-refractivity contribution in [2.24, 2.45) is 0 Å². The van der Waals surface area contributed by atoms with Gasteiger partial charge in [-0.15, -0.1) is 10.2 Å². The molecule has 0 saturated carbocycles. The Morgan fingerprint density at radius 2 is 1.76 bits per heavy atom. The Bertz CT molecular complexity index is 1160. The van der Waals surface area contributed by atoms with Gasteiger partial charge in [0.05, 0.1) is 17.1 Å². The monoisotopic (exact) mass is 438 g/mol. The largest absolute Gasteiger partial charge is 0.317 e.